The van der Waals surface area contributed by atoms with E-state index in [9.17, 15) is 4.79 Å². The largest absolute Gasteiger partial charge is 0.352 e. The zero-order valence-electron chi connectivity index (χ0n) is 14.8. The molecule has 2 nitrogen and oxygen atoms in total. The van der Waals surface area contributed by atoms with Crippen molar-refractivity contribution in [2.75, 3.05) is 6.54 Å². The van der Waals surface area contributed by atoms with Crippen molar-refractivity contribution in [2.24, 2.45) is 0 Å². The Hall–Kier alpha value is -3.31. The van der Waals surface area contributed by atoms with Crippen LogP contribution in [0.1, 0.15) is 32.6 Å². The number of carbonyl (C=O) groups is 1. The Labute approximate surface area is 154 Å². The summed E-state index contributed by atoms with van der Waals surface area (Å²) in [5.74, 6) is 6.18. The second-order valence-electron chi connectivity index (χ2n) is 6.19. The molecular weight excluding hydrogens is 318 g/mol. The van der Waals surface area contributed by atoms with Gasteiger partial charge in [0.1, 0.15) is 0 Å². The van der Waals surface area contributed by atoms with Crippen LogP contribution in [-0.4, -0.2) is 12.5 Å². The van der Waals surface area contributed by atoms with E-state index in [-0.39, 0.29) is 5.91 Å². The molecular formula is C24H21NO. The molecule has 3 rings (SSSR count). The molecule has 0 saturated heterocycles. The van der Waals surface area contributed by atoms with Crippen molar-refractivity contribution in [1.29, 1.82) is 0 Å². The predicted molar refractivity (Wildman–Crippen MR) is 106 cm³/mol. The van der Waals surface area contributed by atoms with E-state index < -0.39 is 0 Å². The molecule has 0 radical (unpaired) electrons. The van der Waals surface area contributed by atoms with Crippen LogP contribution in [0.2, 0.25) is 0 Å². The topological polar surface area (TPSA) is 29.1 Å². The van der Waals surface area contributed by atoms with E-state index in [1.807, 2.05) is 60.7 Å². The molecule has 26 heavy (non-hydrogen) atoms. The molecule has 0 heterocycles. The summed E-state index contributed by atoms with van der Waals surface area (Å²) in [5.41, 5.74) is 4.99. The molecule has 0 aliphatic heterocycles. The van der Waals surface area contributed by atoms with Crippen LogP contribution in [0.3, 0.4) is 0 Å². The number of carbonyl (C=O) groups excluding carboxylic acids is 1. The van der Waals surface area contributed by atoms with Gasteiger partial charge in [0.05, 0.1) is 0 Å². The Bertz CT molecular complexity index is 931. The van der Waals surface area contributed by atoms with Crippen molar-refractivity contribution in [3.8, 4) is 11.8 Å². The van der Waals surface area contributed by atoms with Gasteiger partial charge in [0.2, 0.25) is 0 Å². The van der Waals surface area contributed by atoms with Gasteiger partial charge in [-0.1, -0.05) is 59.9 Å². The highest BCUT2D eigenvalue weighted by Gasteiger charge is 2.04. The lowest BCUT2D eigenvalue weighted by Gasteiger charge is -2.06. The summed E-state index contributed by atoms with van der Waals surface area (Å²) in [4.78, 5) is 12.2. The second-order valence-corrected chi connectivity index (χ2v) is 6.19. The van der Waals surface area contributed by atoms with E-state index in [0.717, 1.165) is 17.5 Å². The van der Waals surface area contributed by atoms with E-state index in [4.69, 9.17) is 0 Å². The molecule has 0 aliphatic carbocycles. The molecule has 0 spiro atoms. The third-order valence-electron chi connectivity index (χ3n) is 4.05. The van der Waals surface area contributed by atoms with E-state index in [1.54, 1.807) is 0 Å². The molecule has 0 saturated carbocycles. The molecule has 3 aromatic rings. The number of rotatable bonds is 4. The van der Waals surface area contributed by atoms with Gasteiger partial charge in [0.15, 0.2) is 0 Å². The number of nitrogens with one attached hydrogen (secondary N) is 1. The Kier molecular flexibility index (Phi) is 5.85. The van der Waals surface area contributed by atoms with Crippen LogP contribution in [0, 0.1) is 18.8 Å². The Morgan fingerprint density at radius 1 is 0.846 bits per heavy atom. The molecule has 0 atom stereocenters. The lowest BCUT2D eigenvalue weighted by molar-refractivity contribution is 0.0954. The smallest absolute Gasteiger partial charge is 0.251 e. The minimum absolute atomic E-state index is 0.0554. The molecule has 0 fully saturated rings. The van der Waals surface area contributed by atoms with Crippen LogP contribution < -0.4 is 5.32 Å². The average Bonchev–Trinajstić information content (AvgIpc) is 2.67. The standard InChI is InChI=1S/C24H21NO/c1-19-6-5-9-22(18-19)16-17-25-24(26)23-14-12-21(13-15-23)11-10-20-7-3-2-4-8-20/h2-9,12-15,18H,16-17H2,1H3,(H,25,26). The molecule has 0 aliphatic rings. The van der Waals surface area contributed by atoms with Gasteiger partial charge in [0, 0.05) is 23.2 Å². The third kappa shape index (κ3) is 5.09. The van der Waals surface area contributed by atoms with Crippen molar-refractivity contribution in [2.45, 2.75) is 13.3 Å². The number of benzene rings is 3. The summed E-state index contributed by atoms with van der Waals surface area (Å²) in [6, 6.07) is 25.6. The van der Waals surface area contributed by atoms with Gasteiger partial charge in [-0.05, 0) is 55.3 Å². The van der Waals surface area contributed by atoms with Gasteiger partial charge in [-0.2, -0.15) is 0 Å². The number of hydrogen-bond donors (Lipinski definition) is 1. The minimum Gasteiger partial charge on any atom is -0.352 e. The maximum Gasteiger partial charge on any atom is 0.251 e. The summed E-state index contributed by atoms with van der Waals surface area (Å²) in [6.07, 6.45) is 0.827. The predicted octanol–water partition coefficient (Wildman–Crippen LogP) is 4.37. The van der Waals surface area contributed by atoms with E-state index in [1.165, 1.54) is 11.1 Å². The second kappa shape index (κ2) is 8.69. The Morgan fingerprint density at radius 2 is 1.54 bits per heavy atom. The Balaban J connectivity index is 1.54. The summed E-state index contributed by atoms with van der Waals surface area (Å²) in [7, 11) is 0. The maximum atomic E-state index is 12.2. The van der Waals surface area contributed by atoms with Crippen molar-refractivity contribution >= 4 is 5.91 Å². The van der Waals surface area contributed by atoms with Gasteiger partial charge < -0.3 is 5.32 Å². The molecule has 2 heteroatoms. The minimum atomic E-state index is -0.0554. The first-order chi connectivity index (χ1) is 12.7. The van der Waals surface area contributed by atoms with E-state index in [2.05, 4.69) is 42.3 Å². The van der Waals surface area contributed by atoms with Crippen LogP contribution in [0.15, 0.2) is 78.9 Å². The van der Waals surface area contributed by atoms with E-state index >= 15 is 0 Å². The normalized spacial score (nSPS) is 9.88. The van der Waals surface area contributed by atoms with Gasteiger partial charge in [0.25, 0.3) is 5.91 Å². The molecule has 1 N–H and O–H groups in total. The first-order valence-corrected chi connectivity index (χ1v) is 8.71. The van der Waals surface area contributed by atoms with Gasteiger partial charge in [-0.3, -0.25) is 4.79 Å². The number of hydrogen-bond acceptors (Lipinski definition) is 1. The SMILES string of the molecule is Cc1cccc(CCNC(=O)c2ccc(C#Cc3ccccc3)cc2)c1. The molecule has 0 unspecified atom stereocenters. The highest BCUT2D eigenvalue weighted by atomic mass is 16.1. The van der Waals surface area contributed by atoms with E-state index in [0.29, 0.717) is 12.1 Å². The highest BCUT2D eigenvalue weighted by Crippen LogP contribution is 2.06. The van der Waals surface area contributed by atoms with Crippen LogP contribution in [0.25, 0.3) is 0 Å². The summed E-state index contributed by atoms with van der Waals surface area (Å²) >= 11 is 0. The Morgan fingerprint density at radius 3 is 2.23 bits per heavy atom. The average molecular weight is 339 g/mol. The molecule has 3 aromatic carbocycles. The molecule has 0 bridgehead atoms. The van der Waals surface area contributed by atoms with Crippen LogP contribution in [0.4, 0.5) is 0 Å². The summed E-state index contributed by atoms with van der Waals surface area (Å²) in [5, 5.41) is 2.97. The zero-order valence-corrected chi connectivity index (χ0v) is 14.8. The van der Waals surface area contributed by atoms with Crippen LogP contribution in [0.5, 0.6) is 0 Å². The summed E-state index contributed by atoms with van der Waals surface area (Å²) in [6.45, 7) is 2.70. The van der Waals surface area contributed by atoms with Gasteiger partial charge in [-0.15, -0.1) is 0 Å². The quantitative estimate of drug-likeness (QED) is 0.703. The monoisotopic (exact) mass is 339 g/mol. The maximum absolute atomic E-state index is 12.2. The van der Waals surface area contributed by atoms with Crippen molar-refractivity contribution in [3.05, 3.63) is 107 Å². The first-order valence-electron chi connectivity index (χ1n) is 8.71. The number of amides is 1. The number of aryl methyl sites for hydroxylation is 1. The summed E-state index contributed by atoms with van der Waals surface area (Å²) < 4.78 is 0. The van der Waals surface area contributed by atoms with Crippen molar-refractivity contribution in [1.82, 2.24) is 5.32 Å². The van der Waals surface area contributed by atoms with Crippen molar-refractivity contribution < 1.29 is 4.79 Å². The lowest BCUT2D eigenvalue weighted by Crippen LogP contribution is -2.25. The fraction of sp³-hybridized carbons (Fsp3) is 0.125. The molecule has 0 aromatic heterocycles. The third-order valence-corrected chi connectivity index (χ3v) is 4.05. The van der Waals surface area contributed by atoms with Crippen LogP contribution >= 0.6 is 0 Å². The van der Waals surface area contributed by atoms with Gasteiger partial charge in [-0.25, -0.2) is 0 Å². The lowest BCUT2D eigenvalue weighted by atomic mass is 10.1. The first kappa shape index (κ1) is 17.5. The molecule has 128 valence electrons. The van der Waals surface area contributed by atoms with Crippen molar-refractivity contribution in [3.63, 3.8) is 0 Å². The van der Waals surface area contributed by atoms with Gasteiger partial charge >= 0.3 is 0 Å². The molecule has 1 amide bonds. The highest BCUT2D eigenvalue weighted by molar-refractivity contribution is 5.94. The fourth-order valence-corrected chi connectivity index (χ4v) is 2.66. The van der Waals surface area contributed by atoms with Crippen LogP contribution in [-0.2, 0) is 6.42 Å². The fourth-order valence-electron chi connectivity index (χ4n) is 2.66. The zero-order chi connectivity index (χ0) is 18.2.